The first-order valence-electron chi connectivity index (χ1n) is 5.25. The zero-order valence-corrected chi connectivity index (χ0v) is 10.7. The molecule has 0 fully saturated rings. The third-order valence-electron chi connectivity index (χ3n) is 2.48. The summed E-state index contributed by atoms with van der Waals surface area (Å²) in [5.41, 5.74) is 0.960. The van der Waals surface area contributed by atoms with Gasteiger partial charge in [0.1, 0.15) is 0 Å². The van der Waals surface area contributed by atoms with Crippen LogP contribution in [0.15, 0.2) is 23.1 Å². The van der Waals surface area contributed by atoms with E-state index in [-0.39, 0.29) is 18.0 Å². The third kappa shape index (κ3) is 3.75. The number of carboxylic acid groups (broad SMARTS) is 1. The molecule has 0 spiro atoms. The van der Waals surface area contributed by atoms with Gasteiger partial charge >= 0.3 is 11.9 Å². The number of hydrogen-bond acceptors (Lipinski definition) is 5. The predicted octanol–water partition coefficient (Wildman–Crippen LogP) is 1.20. The van der Waals surface area contributed by atoms with Crippen LogP contribution in [0.25, 0.3) is 0 Å². The highest BCUT2D eigenvalue weighted by atomic mass is 32.1. The van der Waals surface area contributed by atoms with E-state index in [1.807, 2.05) is 0 Å². The maximum absolute atomic E-state index is 11.0. The monoisotopic (exact) mass is 270 g/mol. The molecular formula is C12H14O5S. The maximum Gasteiger partial charge on any atom is 0.337 e. The lowest BCUT2D eigenvalue weighted by atomic mass is 10.0. The topological polar surface area (TPSA) is 83.8 Å². The van der Waals surface area contributed by atoms with Crippen LogP contribution in [0.2, 0.25) is 0 Å². The second kappa shape index (κ2) is 6.42. The summed E-state index contributed by atoms with van der Waals surface area (Å²) in [6.45, 7) is 0. The van der Waals surface area contributed by atoms with Gasteiger partial charge in [0.05, 0.1) is 7.11 Å². The van der Waals surface area contributed by atoms with Crippen molar-refractivity contribution < 1.29 is 24.5 Å². The Balaban J connectivity index is 2.87. The molecule has 1 aromatic carbocycles. The number of esters is 1. The number of aryl methyl sites for hydroxylation is 1. The Hall–Kier alpha value is -1.53. The Labute approximate surface area is 110 Å². The lowest BCUT2D eigenvalue weighted by molar-refractivity contribution is -0.147. The first kappa shape index (κ1) is 14.5. The summed E-state index contributed by atoms with van der Waals surface area (Å²) in [5.74, 6) is -1.67. The Bertz CT molecular complexity index is 458. The Morgan fingerprint density at radius 1 is 1.44 bits per heavy atom. The number of carboxylic acids is 1. The van der Waals surface area contributed by atoms with Crippen LogP contribution < -0.4 is 0 Å². The zero-order chi connectivity index (χ0) is 13.7. The first-order chi connectivity index (χ1) is 8.45. The number of carbonyl (C=O) groups is 2. The van der Waals surface area contributed by atoms with Gasteiger partial charge in [-0.15, -0.1) is 12.6 Å². The summed E-state index contributed by atoms with van der Waals surface area (Å²) < 4.78 is 4.52. The Morgan fingerprint density at radius 2 is 2.11 bits per heavy atom. The molecule has 0 radical (unpaired) electrons. The molecule has 1 rings (SSSR count). The van der Waals surface area contributed by atoms with Crippen LogP contribution in [0.1, 0.15) is 23.7 Å². The molecular weight excluding hydrogens is 256 g/mol. The number of benzene rings is 1. The number of aliphatic hydroxyl groups excluding tert-OH is 1. The van der Waals surface area contributed by atoms with Crippen LogP contribution in [0.3, 0.4) is 0 Å². The smallest absolute Gasteiger partial charge is 0.337 e. The molecule has 1 aromatic rings. The van der Waals surface area contributed by atoms with Crippen molar-refractivity contribution >= 4 is 24.6 Å². The summed E-state index contributed by atoms with van der Waals surface area (Å²) in [7, 11) is 1.30. The van der Waals surface area contributed by atoms with E-state index >= 15 is 0 Å². The summed E-state index contributed by atoms with van der Waals surface area (Å²) in [5, 5.41) is 18.1. The van der Waals surface area contributed by atoms with E-state index in [1.165, 1.54) is 19.2 Å². The second-order valence-electron chi connectivity index (χ2n) is 3.71. The third-order valence-corrected chi connectivity index (χ3v) is 2.92. The number of hydrogen-bond donors (Lipinski definition) is 3. The number of aliphatic carboxylic acids is 1. The van der Waals surface area contributed by atoms with Gasteiger partial charge < -0.3 is 14.9 Å². The number of ether oxygens (including phenoxy) is 1. The summed E-state index contributed by atoms with van der Waals surface area (Å²) in [6.07, 6.45) is -1.02. The molecule has 98 valence electrons. The van der Waals surface area contributed by atoms with Gasteiger partial charge in [-0.2, -0.15) is 0 Å². The zero-order valence-electron chi connectivity index (χ0n) is 9.79. The van der Waals surface area contributed by atoms with Crippen molar-refractivity contribution in [3.8, 4) is 0 Å². The van der Waals surface area contributed by atoms with Crippen LogP contribution in [-0.2, 0) is 20.7 Å². The lowest BCUT2D eigenvalue weighted by Gasteiger charge is -2.10. The predicted molar refractivity (Wildman–Crippen MR) is 66.6 cm³/mol. The molecule has 0 saturated carbocycles. The van der Waals surface area contributed by atoms with Gasteiger partial charge in [-0.3, -0.25) is 4.79 Å². The summed E-state index contributed by atoms with van der Waals surface area (Å²) in [6, 6.07) is 4.62. The van der Waals surface area contributed by atoms with Crippen molar-refractivity contribution in [1.82, 2.24) is 0 Å². The Kier molecular flexibility index (Phi) is 5.18. The van der Waals surface area contributed by atoms with Crippen LogP contribution in [0.4, 0.5) is 0 Å². The molecule has 0 aromatic heterocycles. The molecule has 6 heteroatoms. The van der Waals surface area contributed by atoms with E-state index in [1.54, 1.807) is 6.07 Å². The average Bonchev–Trinajstić information content (AvgIpc) is 2.36. The van der Waals surface area contributed by atoms with Gasteiger partial charge in [0.15, 0.2) is 6.10 Å². The van der Waals surface area contributed by atoms with Crippen molar-refractivity contribution in [2.45, 2.75) is 23.8 Å². The normalized spacial score (nSPS) is 11.9. The second-order valence-corrected chi connectivity index (χ2v) is 4.19. The number of aliphatic hydroxyl groups is 1. The molecule has 0 bridgehead atoms. The molecule has 0 amide bonds. The molecule has 18 heavy (non-hydrogen) atoms. The molecule has 1 atom stereocenters. The largest absolute Gasteiger partial charge is 0.479 e. The van der Waals surface area contributed by atoms with E-state index in [2.05, 4.69) is 17.4 Å². The standard InChI is InChI=1S/C12H14O5S/c1-17-10(13)5-3-7-6-8(2-4-9(7)18)11(14)12(15)16/h2,4,6,11,14,18H,3,5H2,1H3,(H,15,16). The Morgan fingerprint density at radius 3 is 2.67 bits per heavy atom. The first-order valence-corrected chi connectivity index (χ1v) is 5.70. The quantitative estimate of drug-likeness (QED) is 0.553. The fourth-order valence-corrected chi connectivity index (χ4v) is 1.71. The van der Waals surface area contributed by atoms with Gasteiger partial charge in [-0.05, 0) is 23.6 Å². The molecule has 1 unspecified atom stereocenters. The minimum atomic E-state index is -1.57. The van der Waals surface area contributed by atoms with Gasteiger partial charge in [0.2, 0.25) is 0 Å². The van der Waals surface area contributed by atoms with Crippen LogP contribution in [0, 0.1) is 0 Å². The highest BCUT2D eigenvalue weighted by Gasteiger charge is 2.17. The van der Waals surface area contributed by atoms with Gasteiger partial charge in [-0.1, -0.05) is 12.1 Å². The molecule has 5 nitrogen and oxygen atoms in total. The van der Waals surface area contributed by atoms with Crippen LogP contribution >= 0.6 is 12.6 Å². The van der Waals surface area contributed by atoms with E-state index in [0.717, 1.165) is 0 Å². The fraction of sp³-hybridized carbons (Fsp3) is 0.333. The van der Waals surface area contributed by atoms with Gasteiger partial charge in [-0.25, -0.2) is 4.79 Å². The number of rotatable bonds is 5. The minimum absolute atomic E-state index is 0.177. The van der Waals surface area contributed by atoms with Crippen molar-refractivity contribution in [3.05, 3.63) is 29.3 Å². The summed E-state index contributed by atoms with van der Waals surface area (Å²) >= 11 is 4.22. The number of methoxy groups -OCH3 is 1. The highest BCUT2D eigenvalue weighted by molar-refractivity contribution is 7.80. The molecule has 2 N–H and O–H groups in total. The molecule has 0 heterocycles. The van der Waals surface area contributed by atoms with Crippen LogP contribution in [-0.4, -0.2) is 29.3 Å². The minimum Gasteiger partial charge on any atom is -0.479 e. The van der Waals surface area contributed by atoms with Crippen molar-refractivity contribution in [2.75, 3.05) is 7.11 Å². The SMILES string of the molecule is COC(=O)CCc1cc(C(O)C(=O)O)ccc1S. The van der Waals surface area contributed by atoms with Gasteiger partial charge in [0.25, 0.3) is 0 Å². The van der Waals surface area contributed by atoms with Crippen molar-refractivity contribution in [1.29, 1.82) is 0 Å². The van der Waals surface area contributed by atoms with Crippen molar-refractivity contribution in [2.24, 2.45) is 0 Å². The van der Waals surface area contributed by atoms with E-state index in [4.69, 9.17) is 5.11 Å². The lowest BCUT2D eigenvalue weighted by Crippen LogP contribution is -2.11. The average molecular weight is 270 g/mol. The van der Waals surface area contributed by atoms with Crippen LogP contribution in [0.5, 0.6) is 0 Å². The molecule has 0 aliphatic carbocycles. The van der Waals surface area contributed by atoms with Gasteiger partial charge in [0, 0.05) is 11.3 Å². The number of thiol groups is 1. The maximum atomic E-state index is 11.0. The molecule has 0 saturated heterocycles. The fourth-order valence-electron chi connectivity index (χ4n) is 1.46. The molecule has 0 aliphatic rings. The van der Waals surface area contributed by atoms with E-state index in [0.29, 0.717) is 16.9 Å². The van der Waals surface area contributed by atoms with E-state index < -0.39 is 12.1 Å². The molecule has 0 aliphatic heterocycles. The van der Waals surface area contributed by atoms with Crippen molar-refractivity contribution in [3.63, 3.8) is 0 Å². The number of carbonyl (C=O) groups excluding carboxylic acids is 1. The highest BCUT2D eigenvalue weighted by Crippen LogP contribution is 2.22. The summed E-state index contributed by atoms with van der Waals surface area (Å²) in [4.78, 5) is 22.3. The van der Waals surface area contributed by atoms with E-state index in [9.17, 15) is 14.7 Å².